The lowest BCUT2D eigenvalue weighted by molar-refractivity contribution is -0.157. The van der Waals surface area contributed by atoms with E-state index in [1.807, 2.05) is 7.05 Å². The van der Waals surface area contributed by atoms with Crippen molar-refractivity contribution in [3.05, 3.63) is 0 Å². The molecule has 22 heavy (non-hydrogen) atoms. The van der Waals surface area contributed by atoms with E-state index in [9.17, 15) is 22.8 Å². The van der Waals surface area contributed by atoms with Gasteiger partial charge in [0.1, 0.15) is 6.54 Å². The van der Waals surface area contributed by atoms with Crippen molar-refractivity contribution in [1.82, 2.24) is 15.1 Å². The Balaban J connectivity index is 1.92. The molecule has 2 rings (SSSR count). The van der Waals surface area contributed by atoms with Gasteiger partial charge in [0, 0.05) is 26.1 Å². The fraction of sp³-hybridized carbons (Fsp3) is 0.857. The number of carbonyl (C=O) groups excluding carboxylic acids is 2. The number of hydrogen-bond acceptors (Lipinski definition) is 3. The maximum absolute atomic E-state index is 12.5. The Bertz CT molecular complexity index is 426. The molecule has 0 saturated carbocycles. The zero-order valence-electron chi connectivity index (χ0n) is 12.7. The number of likely N-dealkylation sites (tertiary alicyclic amines) is 2. The minimum Gasteiger partial charge on any atom is -0.342 e. The van der Waals surface area contributed by atoms with Gasteiger partial charge >= 0.3 is 6.18 Å². The average molecular weight is 321 g/mol. The smallest absolute Gasteiger partial charge is 0.342 e. The number of hydrogen-bond donors (Lipinski definition) is 1. The summed E-state index contributed by atoms with van der Waals surface area (Å²) in [6, 6.07) is 0. The molecule has 2 unspecified atom stereocenters. The Labute approximate surface area is 127 Å². The number of amides is 2. The molecular formula is C14H22F3N3O2. The second kappa shape index (κ2) is 6.85. The van der Waals surface area contributed by atoms with Crippen molar-refractivity contribution in [2.24, 2.45) is 11.8 Å². The Morgan fingerprint density at radius 2 is 2.09 bits per heavy atom. The van der Waals surface area contributed by atoms with Gasteiger partial charge in [0.05, 0.1) is 5.92 Å². The zero-order valence-corrected chi connectivity index (χ0v) is 12.7. The lowest BCUT2D eigenvalue weighted by atomic mass is 9.96. The lowest BCUT2D eigenvalue weighted by Gasteiger charge is -2.34. The first-order valence-electron chi connectivity index (χ1n) is 7.58. The number of piperidine rings is 1. The third-order valence-corrected chi connectivity index (χ3v) is 4.26. The van der Waals surface area contributed by atoms with E-state index in [1.165, 1.54) is 0 Å². The molecule has 0 aromatic heterocycles. The van der Waals surface area contributed by atoms with Gasteiger partial charge in [-0.15, -0.1) is 0 Å². The zero-order chi connectivity index (χ0) is 16.3. The largest absolute Gasteiger partial charge is 0.406 e. The summed E-state index contributed by atoms with van der Waals surface area (Å²) in [5.41, 5.74) is 0. The van der Waals surface area contributed by atoms with Crippen LogP contribution in [0.4, 0.5) is 13.2 Å². The highest BCUT2D eigenvalue weighted by molar-refractivity contribution is 5.89. The average Bonchev–Trinajstić information content (AvgIpc) is 2.78. The number of rotatable bonds is 4. The van der Waals surface area contributed by atoms with Crippen LogP contribution in [0.25, 0.3) is 0 Å². The Morgan fingerprint density at radius 1 is 1.36 bits per heavy atom. The molecule has 2 aliphatic heterocycles. The predicted molar refractivity (Wildman–Crippen MR) is 74.0 cm³/mol. The van der Waals surface area contributed by atoms with Gasteiger partial charge in [-0.3, -0.25) is 9.59 Å². The minimum atomic E-state index is -4.42. The lowest BCUT2D eigenvalue weighted by Crippen LogP contribution is -2.45. The highest BCUT2D eigenvalue weighted by atomic mass is 19.4. The molecule has 0 spiro atoms. The third kappa shape index (κ3) is 4.34. The van der Waals surface area contributed by atoms with Crippen molar-refractivity contribution in [1.29, 1.82) is 0 Å². The normalized spacial score (nSPS) is 26.6. The van der Waals surface area contributed by atoms with Gasteiger partial charge < -0.3 is 15.1 Å². The van der Waals surface area contributed by atoms with Crippen LogP contribution in [0, 0.1) is 11.8 Å². The van der Waals surface area contributed by atoms with Crippen molar-refractivity contribution in [3.8, 4) is 0 Å². The molecule has 2 fully saturated rings. The second-order valence-corrected chi connectivity index (χ2v) is 6.14. The van der Waals surface area contributed by atoms with E-state index in [0.29, 0.717) is 19.0 Å². The van der Waals surface area contributed by atoms with Gasteiger partial charge in [0.25, 0.3) is 0 Å². The summed E-state index contributed by atoms with van der Waals surface area (Å²) >= 11 is 0. The van der Waals surface area contributed by atoms with E-state index in [1.54, 1.807) is 4.90 Å². The fourth-order valence-corrected chi connectivity index (χ4v) is 3.29. The van der Waals surface area contributed by atoms with Gasteiger partial charge in [-0.25, -0.2) is 0 Å². The number of nitrogens with one attached hydrogen (secondary N) is 1. The standard InChI is InChI=1S/C14H22F3N3O2/c1-18-6-10-3-2-4-19(7-10)13(22)11-5-12(21)20(8-11)9-14(15,16)17/h10-11,18H,2-9H2,1H3. The van der Waals surface area contributed by atoms with Crippen molar-refractivity contribution < 1.29 is 22.8 Å². The molecule has 0 bridgehead atoms. The van der Waals surface area contributed by atoms with E-state index in [-0.39, 0.29) is 18.9 Å². The van der Waals surface area contributed by atoms with Gasteiger partial charge in [-0.1, -0.05) is 0 Å². The summed E-state index contributed by atoms with van der Waals surface area (Å²) in [4.78, 5) is 26.6. The first-order valence-corrected chi connectivity index (χ1v) is 7.58. The first-order chi connectivity index (χ1) is 10.3. The van der Waals surface area contributed by atoms with Crippen LogP contribution in [0.15, 0.2) is 0 Å². The summed E-state index contributed by atoms with van der Waals surface area (Å²) in [5.74, 6) is -1.03. The Morgan fingerprint density at radius 3 is 2.73 bits per heavy atom. The highest BCUT2D eigenvalue weighted by Gasteiger charge is 2.42. The van der Waals surface area contributed by atoms with Crippen LogP contribution < -0.4 is 5.32 Å². The van der Waals surface area contributed by atoms with Gasteiger partial charge in [-0.05, 0) is 32.4 Å². The maximum Gasteiger partial charge on any atom is 0.406 e. The van der Waals surface area contributed by atoms with Crippen molar-refractivity contribution in [2.75, 3.05) is 39.8 Å². The summed E-state index contributed by atoms with van der Waals surface area (Å²) in [6.45, 7) is 0.669. The van der Waals surface area contributed by atoms with Crippen LogP contribution >= 0.6 is 0 Å². The van der Waals surface area contributed by atoms with E-state index < -0.39 is 24.5 Å². The van der Waals surface area contributed by atoms with E-state index >= 15 is 0 Å². The van der Waals surface area contributed by atoms with E-state index in [0.717, 1.165) is 24.3 Å². The predicted octanol–water partition coefficient (Wildman–Crippen LogP) is 0.855. The third-order valence-electron chi connectivity index (χ3n) is 4.26. The topological polar surface area (TPSA) is 52.7 Å². The van der Waals surface area contributed by atoms with E-state index in [4.69, 9.17) is 0 Å². The molecule has 5 nitrogen and oxygen atoms in total. The van der Waals surface area contributed by atoms with Crippen LogP contribution in [0.3, 0.4) is 0 Å². The SMILES string of the molecule is CNCC1CCCN(C(=O)C2CC(=O)N(CC(F)(F)F)C2)C1. The molecule has 0 aliphatic carbocycles. The van der Waals surface area contributed by atoms with Crippen molar-refractivity contribution in [2.45, 2.75) is 25.4 Å². The van der Waals surface area contributed by atoms with Crippen LogP contribution in [-0.2, 0) is 9.59 Å². The quantitative estimate of drug-likeness (QED) is 0.835. The molecule has 1 N–H and O–H groups in total. The molecule has 2 amide bonds. The number of halogens is 3. The molecule has 0 radical (unpaired) electrons. The van der Waals surface area contributed by atoms with Gasteiger partial charge in [-0.2, -0.15) is 13.2 Å². The van der Waals surface area contributed by atoms with Crippen LogP contribution in [0.1, 0.15) is 19.3 Å². The summed E-state index contributed by atoms with van der Waals surface area (Å²) in [5, 5.41) is 3.08. The minimum absolute atomic E-state index is 0.109. The first kappa shape index (κ1) is 17.1. The summed E-state index contributed by atoms with van der Waals surface area (Å²) in [7, 11) is 1.85. The maximum atomic E-state index is 12.5. The van der Waals surface area contributed by atoms with E-state index in [2.05, 4.69) is 5.32 Å². The molecule has 8 heteroatoms. The molecule has 0 aromatic rings. The summed E-state index contributed by atoms with van der Waals surface area (Å²) < 4.78 is 37.2. The molecule has 2 saturated heterocycles. The molecule has 2 atom stereocenters. The number of carbonyl (C=O) groups is 2. The Hall–Kier alpha value is -1.31. The van der Waals surface area contributed by atoms with Gasteiger partial charge in [0.15, 0.2) is 0 Å². The molecule has 126 valence electrons. The van der Waals surface area contributed by atoms with Crippen LogP contribution in [-0.4, -0.2) is 67.6 Å². The summed E-state index contributed by atoms with van der Waals surface area (Å²) in [6.07, 6.45) is -2.60. The number of nitrogens with zero attached hydrogens (tertiary/aromatic N) is 2. The molecule has 2 heterocycles. The monoisotopic (exact) mass is 321 g/mol. The number of alkyl halides is 3. The Kier molecular flexibility index (Phi) is 5.31. The van der Waals surface area contributed by atoms with Crippen molar-refractivity contribution >= 4 is 11.8 Å². The highest BCUT2D eigenvalue weighted by Crippen LogP contribution is 2.26. The molecule has 2 aliphatic rings. The molecular weight excluding hydrogens is 299 g/mol. The second-order valence-electron chi connectivity index (χ2n) is 6.14. The van der Waals surface area contributed by atoms with Crippen molar-refractivity contribution in [3.63, 3.8) is 0 Å². The van der Waals surface area contributed by atoms with Crippen LogP contribution in [0.5, 0.6) is 0 Å². The molecule has 0 aromatic carbocycles. The van der Waals surface area contributed by atoms with Gasteiger partial charge in [0.2, 0.25) is 11.8 Å². The van der Waals surface area contributed by atoms with Crippen LogP contribution in [0.2, 0.25) is 0 Å². The fourth-order valence-electron chi connectivity index (χ4n) is 3.29.